The first-order chi connectivity index (χ1) is 8.47. The Morgan fingerprint density at radius 3 is 2.83 bits per heavy atom. The molecule has 5 nitrogen and oxygen atoms in total. The molecule has 1 fully saturated rings. The van der Waals surface area contributed by atoms with Gasteiger partial charge in [0, 0.05) is 18.8 Å². The van der Waals surface area contributed by atoms with Crippen LogP contribution in [0.3, 0.4) is 0 Å². The zero-order chi connectivity index (χ0) is 13.3. The molecule has 1 aliphatic rings. The van der Waals surface area contributed by atoms with Crippen LogP contribution in [-0.4, -0.2) is 28.2 Å². The number of hydrogen-bond donors (Lipinski definition) is 3. The van der Waals surface area contributed by atoms with E-state index in [1.165, 1.54) is 0 Å². The number of aliphatic hydroxyl groups excluding tert-OH is 1. The summed E-state index contributed by atoms with van der Waals surface area (Å²) in [5.41, 5.74) is 6.94. The Morgan fingerprint density at radius 2 is 2.28 bits per heavy atom. The average Bonchev–Trinajstić information content (AvgIpc) is 2.65. The van der Waals surface area contributed by atoms with Crippen LogP contribution in [0.15, 0.2) is 12.3 Å². The number of nitrogen functional groups attached to an aromatic ring is 1. The minimum Gasteiger partial charge on any atom is -0.397 e. The number of carbonyl (C=O) groups excluding carboxylic acids is 1. The molecule has 0 aliphatic heterocycles. The first-order valence-corrected chi connectivity index (χ1v) is 6.41. The van der Waals surface area contributed by atoms with Crippen LogP contribution in [0.1, 0.15) is 43.2 Å². The highest BCUT2D eigenvalue weighted by Gasteiger charge is 2.27. The van der Waals surface area contributed by atoms with Crippen LogP contribution in [0.25, 0.3) is 0 Å². The predicted molar refractivity (Wildman–Crippen MR) is 70.3 cm³/mol. The molecule has 100 valence electrons. The van der Waals surface area contributed by atoms with Gasteiger partial charge in [0.1, 0.15) is 5.69 Å². The molecule has 4 N–H and O–H groups in total. The Kier molecular flexibility index (Phi) is 3.61. The standard InChI is InChI=1S/C13H21N3O2/c1-8(2)16-7-10(14)5-12(16)13(18)15-6-9-3-11(17)4-9/h5,7-9,11,17H,3-4,6,14H2,1-2H3,(H,15,18). The Morgan fingerprint density at radius 1 is 1.61 bits per heavy atom. The lowest BCUT2D eigenvalue weighted by Gasteiger charge is -2.31. The molecule has 1 saturated carbocycles. The number of nitrogens with one attached hydrogen (secondary N) is 1. The van der Waals surface area contributed by atoms with Gasteiger partial charge < -0.3 is 20.7 Å². The number of nitrogens with two attached hydrogens (primary N) is 1. The molecule has 1 aromatic rings. The molecule has 1 heterocycles. The number of hydrogen-bond acceptors (Lipinski definition) is 3. The van der Waals surface area contributed by atoms with Gasteiger partial charge in [-0.1, -0.05) is 0 Å². The third-order valence-electron chi connectivity index (χ3n) is 3.42. The maximum atomic E-state index is 12.1. The quantitative estimate of drug-likeness (QED) is 0.751. The molecule has 1 amide bonds. The van der Waals surface area contributed by atoms with Gasteiger partial charge in [-0.15, -0.1) is 0 Å². The topological polar surface area (TPSA) is 80.3 Å². The molecule has 1 aromatic heterocycles. The highest BCUT2D eigenvalue weighted by molar-refractivity contribution is 5.93. The SMILES string of the molecule is CC(C)n1cc(N)cc1C(=O)NCC1CC(O)C1. The summed E-state index contributed by atoms with van der Waals surface area (Å²) in [6.07, 6.45) is 3.18. The second kappa shape index (κ2) is 5.02. The lowest BCUT2D eigenvalue weighted by Crippen LogP contribution is -2.38. The fourth-order valence-electron chi connectivity index (χ4n) is 2.30. The summed E-state index contributed by atoms with van der Waals surface area (Å²) in [7, 11) is 0. The summed E-state index contributed by atoms with van der Waals surface area (Å²) >= 11 is 0. The van der Waals surface area contributed by atoms with E-state index in [0.29, 0.717) is 23.8 Å². The first kappa shape index (κ1) is 13.0. The van der Waals surface area contributed by atoms with E-state index >= 15 is 0 Å². The van der Waals surface area contributed by atoms with Crippen LogP contribution in [0, 0.1) is 5.92 Å². The Bertz CT molecular complexity index is 433. The lowest BCUT2D eigenvalue weighted by molar-refractivity contribution is 0.0419. The molecule has 5 heteroatoms. The van der Waals surface area contributed by atoms with Crippen molar-refractivity contribution in [1.29, 1.82) is 0 Å². The molecule has 0 atom stereocenters. The van der Waals surface area contributed by atoms with Gasteiger partial charge in [-0.2, -0.15) is 0 Å². The van der Waals surface area contributed by atoms with Gasteiger partial charge >= 0.3 is 0 Å². The maximum absolute atomic E-state index is 12.1. The fourth-order valence-corrected chi connectivity index (χ4v) is 2.30. The molecular formula is C13H21N3O2. The van der Waals surface area contributed by atoms with Gasteiger partial charge in [-0.05, 0) is 38.7 Å². The number of amides is 1. The summed E-state index contributed by atoms with van der Waals surface area (Å²) in [5, 5.41) is 12.1. The van der Waals surface area contributed by atoms with Crippen LogP contribution < -0.4 is 11.1 Å². The largest absolute Gasteiger partial charge is 0.397 e. The number of aromatic nitrogens is 1. The average molecular weight is 251 g/mol. The summed E-state index contributed by atoms with van der Waals surface area (Å²) in [4.78, 5) is 12.1. The lowest BCUT2D eigenvalue weighted by atomic mass is 9.82. The van der Waals surface area contributed by atoms with Gasteiger partial charge in [-0.3, -0.25) is 4.79 Å². The van der Waals surface area contributed by atoms with E-state index in [2.05, 4.69) is 5.32 Å². The van der Waals surface area contributed by atoms with Crippen LogP contribution in [0.5, 0.6) is 0 Å². The maximum Gasteiger partial charge on any atom is 0.268 e. The summed E-state index contributed by atoms with van der Waals surface area (Å²) in [5.74, 6) is 0.311. The molecule has 1 aliphatic carbocycles. The predicted octanol–water partition coefficient (Wildman–Crippen LogP) is 1.15. The van der Waals surface area contributed by atoms with Crippen molar-refractivity contribution in [2.24, 2.45) is 5.92 Å². The minimum atomic E-state index is -0.179. The number of carbonyl (C=O) groups is 1. The van der Waals surface area contributed by atoms with Crippen LogP contribution >= 0.6 is 0 Å². The van der Waals surface area contributed by atoms with Crippen LogP contribution in [0.2, 0.25) is 0 Å². The van der Waals surface area contributed by atoms with E-state index in [-0.39, 0.29) is 18.1 Å². The summed E-state index contributed by atoms with van der Waals surface area (Å²) in [6.45, 7) is 4.65. The monoisotopic (exact) mass is 251 g/mol. The zero-order valence-corrected chi connectivity index (χ0v) is 10.9. The van der Waals surface area contributed by atoms with E-state index in [4.69, 9.17) is 5.73 Å². The zero-order valence-electron chi connectivity index (χ0n) is 10.9. The molecule has 0 unspecified atom stereocenters. The molecule has 0 bridgehead atoms. The minimum absolute atomic E-state index is 0.0956. The number of rotatable bonds is 4. The van der Waals surface area contributed by atoms with Crippen molar-refractivity contribution in [3.05, 3.63) is 18.0 Å². The Balaban J connectivity index is 1.95. The molecular weight excluding hydrogens is 230 g/mol. The molecule has 2 rings (SSSR count). The van der Waals surface area contributed by atoms with E-state index in [9.17, 15) is 9.90 Å². The van der Waals surface area contributed by atoms with Crippen molar-refractivity contribution in [1.82, 2.24) is 9.88 Å². The van der Waals surface area contributed by atoms with Crippen molar-refractivity contribution in [3.63, 3.8) is 0 Å². The Hall–Kier alpha value is -1.49. The summed E-state index contributed by atoms with van der Waals surface area (Å²) < 4.78 is 1.88. The second-order valence-electron chi connectivity index (χ2n) is 5.36. The van der Waals surface area contributed by atoms with E-state index in [1.54, 1.807) is 12.3 Å². The molecule has 18 heavy (non-hydrogen) atoms. The van der Waals surface area contributed by atoms with Crippen molar-refractivity contribution < 1.29 is 9.90 Å². The second-order valence-corrected chi connectivity index (χ2v) is 5.36. The molecule has 0 radical (unpaired) electrons. The van der Waals surface area contributed by atoms with E-state index in [1.807, 2.05) is 18.4 Å². The highest BCUT2D eigenvalue weighted by Crippen LogP contribution is 2.26. The van der Waals surface area contributed by atoms with Gasteiger partial charge in [0.05, 0.1) is 11.8 Å². The number of nitrogens with zero attached hydrogens (tertiary/aromatic N) is 1. The van der Waals surface area contributed by atoms with Crippen LogP contribution in [-0.2, 0) is 0 Å². The molecule has 0 saturated heterocycles. The Labute approximate surface area is 107 Å². The van der Waals surface area contributed by atoms with Crippen molar-refractivity contribution in [2.75, 3.05) is 12.3 Å². The van der Waals surface area contributed by atoms with Gasteiger partial charge in [0.25, 0.3) is 5.91 Å². The van der Waals surface area contributed by atoms with Gasteiger partial charge in [-0.25, -0.2) is 0 Å². The van der Waals surface area contributed by atoms with Crippen molar-refractivity contribution in [3.8, 4) is 0 Å². The highest BCUT2D eigenvalue weighted by atomic mass is 16.3. The van der Waals surface area contributed by atoms with E-state index < -0.39 is 0 Å². The van der Waals surface area contributed by atoms with Crippen molar-refractivity contribution >= 4 is 11.6 Å². The van der Waals surface area contributed by atoms with Gasteiger partial charge in [0.15, 0.2) is 0 Å². The summed E-state index contributed by atoms with van der Waals surface area (Å²) in [6, 6.07) is 1.90. The van der Waals surface area contributed by atoms with Crippen molar-refractivity contribution in [2.45, 2.75) is 38.8 Å². The first-order valence-electron chi connectivity index (χ1n) is 6.41. The molecule has 0 aromatic carbocycles. The molecule has 0 spiro atoms. The van der Waals surface area contributed by atoms with E-state index in [0.717, 1.165) is 12.8 Å². The number of anilines is 1. The number of aliphatic hydroxyl groups is 1. The van der Waals surface area contributed by atoms with Gasteiger partial charge in [0.2, 0.25) is 0 Å². The van der Waals surface area contributed by atoms with Crippen LogP contribution in [0.4, 0.5) is 5.69 Å². The fraction of sp³-hybridized carbons (Fsp3) is 0.615. The normalized spacial score (nSPS) is 22.9. The third kappa shape index (κ3) is 2.67. The smallest absolute Gasteiger partial charge is 0.268 e. The third-order valence-corrected chi connectivity index (χ3v) is 3.42.